The van der Waals surface area contributed by atoms with Crippen LogP contribution in [0.3, 0.4) is 0 Å². The molecule has 0 atom stereocenters. The normalized spacial score (nSPS) is 11.1. The molecule has 0 aliphatic rings. The molecule has 0 spiro atoms. The lowest BCUT2D eigenvalue weighted by molar-refractivity contribution is -0.136. The average Bonchev–Trinajstić information content (AvgIpc) is 3.22. The van der Waals surface area contributed by atoms with Gasteiger partial charge in [0.15, 0.2) is 0 Å². The number of nitrogens with zero attached hydrogens (tertiary/aromatic N) is 1. The van der Waals surface area contributed by atoms with Crippen LogP contribution in [0.2, 0.25) is 0 Å². The van der Waals surface area contributed by atoms with Crippen LogP contribution in [-0.4, -0.2) is 28.2 Å². The van der Waals surface area contributed by atoms with E-state index in [0.29, 0.717) is 0 Å². The van der Waals surface area contributed by atoms with E-state index in [1.165, 1.54) is 0 Å². The Morgan fingerprint density at radius 2 is 1.68 bits per heavy atom. The fraction of sp³-hybridized carbons (Fsp3) is 0.0769. The van der Waals surface area contributed by atoms with Crippen molar-refractivity contribution in [3.63, 3.8) is 0 Å². The summed E-state index contributed by atoms with van der Waals surface area (Å²) < 4.78 is 5.32. The Morgan fingerprint density at radius 1 is 0.935 bits per heavy atom. The van der Waals surface area contributed by atoms with Crippen LogP contribution in [0.4, 0.5) is 0 Å². The third kappa shape index (κ3) is 3.62. The molecule has 5 rings (SSSR count). The number of nitrogens with one attached hydrogen (secondary N) is 1. The molecule has 0 fully saturated rings. The van der Waals surface area contributed by atoms with Crippen LogP contribution in [0.25, 0.3) is 44.1 Å². The third-order valence-corrected chi connectivity index (χ3v) is 5.53. The number of carbonyl (C=O) groups is 1. The first-order valence-electron chi connectivity index (χ1n) is 9.97. The molecule has 31 heavy (non-hydrogen) atoms. The Kier molecular flexibility index (Phi) is 4.64. The standard InChI is InChI=1S/C26H20N2O3/c1-31-22-9-8-18-11-19(6-7-20(18)12-22)21-13-23-24(15-28-26(23)27-14-21)17-4-2-16(3-5-17)10-25(29)30/h2-9,11-15H,10H2,1H3,(H,27,28)(H,29,30). The van der Waals surface area contributed by atoms with E-state index in [1.54, 1.807) is 7.11 Å². The molecular weight excluding hydrogens is 388 g/mol. The summed E-state index contributed by atoms with van der Waals surface area (Å²) >= 11 is 0. The Labute approximate surface area is 179 Å². The molecule has 0 unspecified atom stereocenters. The number of aliphatic carboxylic acids is 1. The van der Waals surface area contributed by atoms with Crippen molar-refractivity contribution in [3.05, 3.63) is 84.7 Å². The number of rotatable bonds is 5. The molecule has 0 aliphatic heterocycles. The molecule has 0 saturated carbocycles. The second-order valence-corrected chi connectivity index (χ2v) is 7.52. The first-order chi connectivity index (χ1) is 15.1. The molecule has 0 aliphatic carbocycles. The fourth-order valence-corrected chi connectivity index (χ4v) is 3.91. The Morgan fingerprint density at radius 3 is 2.45 bits per heavy atom. The highest BCUT2D eigenvalue weighted by Gasteiger charge is 2.10. The van der Waals surface area contributed by atoms with Crippen LogP contribution >= 0.6 is 0 Å². The van der Waals surface area contributed by atoms with E-state index in [4.69, 9.17) is 9.84 Å². The average molecular weight is 408 g/mol. The van der Waals surface area contributed by atoms with Gasteiger partial charge in [-0.15, -0.1) is 0 Å². The maximum absolute atomic E-state index is 10.9. The van der Waals surface area contributed by atoms with Crippen molar-refractivity contribution in [2.75, 3.05) is 7.11 Å². The van der Waals surface area contributed by atoms with Gasteiger partial charge in [0, 0.05) is 28.9 Å². The van der Waals surface area contributed by atoms with Gasteiger partial charge in [-0.2, -0.15) is 0 Å². The maximum Gasteiger partial charge on any atom is 0.307 e. The number of ether oxygens (including phenoxy) is 1. The molecule has 0 radical (unpaired) electrons. The maximum atomic E-state index is 10.9. The number of hydrogen-bond acceptors (Lipinski definition) is 3. The van der Waals surface area contributed by atoms with Crippen molar-refractivity contribution in [1.29, 1.82) is 0 Å². The molecule has 5 aromatic rings. The second kappa shape index (κ2) is 7.61. The minimum atomic E-state index is -0.831. The first kappa shape index (κ1) is 18.9. The Bertz CT molecular complexity index is 1420. The summed E-state index contributed by atoms with van der Waals surface area (Å²) in [6.07, 6.45) is 3.84. The Balaban J connectivity index is 1.54. The van der Waals surface area contributed by atoms with Gasteiger partial charge in [-0.25, -0.2) is 4.98 Å². The van der Waals surface area contributed by atoms with E-state index < -0.39 is 5.97 Å². The van der Waals surface area contributed by atoms with Crippen molar-refractivity contribution < 1.29 is 14.6 Å². The lowest BCUT2D eigenvalue weighted by Gasteiger charge is -2.07. The smallest absolute Gasteiger partial charge is 0.307 e. The summed E-state index contributed by atoms with van der Waals surface area (Å²) in [5, 5.41) is 12.3. The van der Waals surface area contributed by atoms with Crippen molar-refractivity contribution in [1.82, 2.24) is 9.97 Å². The SMILES string of the molecule is COc1ccc2cc(-c3cnc4[nH]cc(-c5ccc(CC(=O)O)cc5)c4c3)ccc2c1. The molecule has 3 aromatic carbocycles. The fourth-order valence-electron chi connectivity index (χ4n) is 3.91. The number of aromatic amines is 1. The first-order valence-corrected chi connectivity index (χ1v) is 9.97. The number of fused-ring (bicyclic) bond motifs is 2. The van der Waals surface area contributed by atoms with Crippen LogP contribution in [0, 0.1) is 0 Å². The van der Waals surface area contributed by atoms with Gasteiger partial charge in [0.2, 0.25) is 0 Å². The van der Waals surface area contributed by atoms with E-state index in [0.717, 1.165) is 55.4 Å². The molecular formula is C26H20N2O3. The van der Waals surface area contributed by atoms with Crippen molar-refractivity contribution in [2.45, 2.75) is 6.42 Å². The highest BCUT2D eigenvalue weighted by molar-refractivity contribution is 5.97. The molecule has 0 saturated heterocycles. The van der Waals surface area contributed by atoms with Crippen LogP contribution in [0.5, 0.6) is 5.75 Å². The minimum Gasteiger partial charge on any atom is -0.497 e. The van der Waals surface area contributed by atoms with Gasteiger partial charge in [-0.05, 0) is 51.7 Å². The number of benzene rings is 3. The van der Waals surface area contributed by atoms with Crippen molar-refractivity contribution in [2.24, 2.45) is 0 Å². The van der Waals surface area contributed by atoms with E-state index in [-0.39, 0.29) is 6.42 Å². The van der Waals surface area contributed by atoms with Crippen LogP contribution < -0.4 is 4.74 Å². The van der Waals surface area contributed by atoms with Crippen molar-refractivity contribution >= 4 is 27.8 Å². The summed E-state index contributed by atoms with van der Waals surface area (Å²) in [5.41, 5.74) is 5.79. The zero-order valence-electron chi connectivity index (χ0n) is 16.9. The van der Waals surface area contributed by atoms with Gasteiger partial charge < -0.3 is 14.8 Å². The Hall–Kier alpha value is -4.12. The second-order valence-electron chi connectivity index (χ2n) is 7.52. The largest absolute Gasteiger partial charge is 0.497 e. The minimum absolute atomic E-state index is 0.0215. The predicted octanol–water partition coefficient (Wildman–Crippen LogP) is 5.69. The van der Waals surface area contributed by atoms with E-state index >= 15 is 0 Å². The topological polar surface area (TPSA) is 75.2 Å². The van der Waals surface area contributed by atoms with Gasteiger partial charge >= 0.3 is 5.97 Å². The number of pyridine rings is 1. The lowest BCUT2D eigenvalue weighted by atomic mass is 9.99. The summed E-state index contributed by atoms with van der Waals surface area (Å²) in [6.45, 7) is 0. The lowest BCUT2D eigenvalue weighted by Crippen LogP contribution is -1.99. The molecule has 5 heteroatoms. The molecule has 2 N–H and O–H groups in total. The quantitative estimate of drug-likeness (QED) is 0.392. The monoisotopic (exact) mass is 408 g/mol. The number of H-pyrrole nitrogens is 1. The van der Waals surface area contributed by atoms with Gasteiger partial charge in [0.05, 0.1) is 13.5 Å². The van der Waals surface area contributed by atoms with Crippen LogP contribution in [0.15, 0.2) is 79.1 Å². The highest BCUT2D eigenvalue weighted by Crippen LogP contribution is 2.32. The molecule has 152 valence electrons. The number of carboxylic acids is 1. The summed E-state index contributed by atoms with van der Waals surface area (Å²) in [6, 6.07) is 22.2. The van der Waals surface area contributed by atoms with Crippen LogP contribution in [-0.2, 0) is 11.2 Å². The summed E-state index contributed by atoms with van der Waals surface area (Å²) in [7, 11) is 1.67. The third-order valence-electron chi connectivity index (χ3n) is 5.53. The van der Waals surface area contributed by atoms with E-state index in [2.05, 4.69) is 40.3 Å². The zero-order valence-corrected chi connectivity index (χ0v) is 16.9. The highest BCUT2D eigenvalue weighted by atomic mass is 16.5. The van der Waals surface area contributed by atoms with Crippen LogP contribution in [0.1, 0.15) is 5.56 Å². The number of aromatic nitrogens is 2. The summed E-state index contributed by atoms with van der Waals surface area (Å²) in [5.74, 6) is 0.0113. The summed E-state index contributed by atoms with van der Waals surface area (Å²) in [4.78, 5) is 18.8. The molecule has 5 nitrogen and oxygen atoms in total. The van der Waals surface area contributed by atoms with E-state index in [1.807, 2.05) is 48.8 Å². The van der Waals surface area contributed by atoms with Crippen molar-refractivity contribution in [3.8, 4) is 28.0 Å². The number of hydrogen-bond donors (Lipinski definition) is 2. The molecule has 2 aromatic heterocycles. The predicted molar refractivity (Wildman–Crippen MR) is 122 cm³/mol. The van der Waals surface area contributed by atoms with E-state index in [9.17, 15) is 4.79 Å². The van der Waals surface area contributed by atoms with Gasteiger partial charge in [-0.3, -0.25) is 4.79 Å². The number of methoxy groups -OCH3 is 1. The van der Waals surface area contributed by atoms with Gasteiger partial charge in [0.25, 0.3) is 0 Å². The molecule has 2 heterocycles. The van der Waals surface area contributed by atoms with Gasteiger partial charge in [0.1, 0.15) is 11.4 Å². The molecule has 0 bridgehead atoms. The van der Waals surface area contributed by atoms with Gasteiger partial charge in [-0.1, -0.05) is 42.5 Å². The number of carboxylic acid groups (broad SMARTS) is 1. The zero-order chi connectivity index (χ0) is 21.4. The molecule has 0 amide bonds.